The van der Waals surface area contributed by atoms with Crippen LogP contribution in [0.15, 0.2) is 109 Å². The summed E-state index contributed by atoms with van der Waals surface area (Å²) in [4.78, 5) is 38.7. The fourth-order valence-electron chi connectivity index (χ4n) is 5.64. The molecule has 0 unspecified atom stereocenters. The lowest BCUT2D eigenvalue weighted by Gasteiger charge is -2.31. The normalized spacial score (nSPS) is 13.3. The third-order valence-corrected chi connectivity index (χ3v) is 8.51. The monoisotopic (exact) mass is 762 g/mol. The van der Waals surface area contributed by atoms with Crippen LogP contribution >= 0.6 is 0 Å². The highest BCUT2D eigenvalue weighted by atomic mass is 19.1. The van der Waals surface area contributed by atoms with E-state index in [9.17, 15) is 43.6 Å². The predicted molar refractivity (Wildman–Crippen MR) is 204 cm³/mol. The molecule has 0 aliphatic heterocycles. The molecule has 0 radical (unpaired) electrons. The van der Waals surface area contributed by atoms with Gasteiger partial charge in [0.15, 0.2) is 0 Å². The Morgan fingerprint density at radius 2 is 1.11 bits per heavy atom. The summed E-state index contributed by atoms with van der Waals surface area (Å²) in [5.74, 6) is -1.43. The molecule has 4 aromatic rings. The van der Waals surface area contributed by atoms with Crippen molar-refractivity contribution in [2.45, 2.75) is 89.2 Å². The molecule has 0 aliphatic carbocycles. The standard InChI is InChI=1S/C24H30FNO5.C19H22FNO3/c1-24(2,3)31-23(30)26(20(16-27)17-8-5-4-6-9-17)22(29)11-7-10-21(28)18-12-14-19(25)15-13-18;20-16-11-9-15(10-12-16)18(23)7-4-8-19(24)21-17(13-22)14-5-2-1-3-6-14/h4-6,8-9,12-15,20-21,27-28H,7,10-11,16H2,1-3H3;1-3,5-6,9-12,17-18,22-23H,4,7-8,13H2,(H,21,24)/t20-,21+;17-,18+/m11/s1. The van der Waals surface area contributed by atoms with Gasteiger partial charge in [-0.1, -0.05) is 84.9 Å². The molecule has 0 saturated carbocycles. The molecule has 3 amide bonds. The maximum atomic E-state index is 13.0. The van der Waals surface area contributed by atoms with E-state index in [2.05, 4.69) is 5.32 Å². The van der Waals surface area contributed by atoms with E-state index in [1.807, 2.05) is 30.3 Å². The fourth-order valence-corrected chi connectivity index (χ4v) is 5.64. The van der Waals surface area contributed by atoms with Gasteiger partial charge in [-0.2, -0.15) is 0 Å². The number of aliphatic hydroxyl groups is 4. The quantitative estimate of drug-likeness (QED) is 0.0791. The molecule has 0 bridgehead atoms. The van der Waals surface area contributed by atoms with Gasteiger partial charge in [0, 0.05) is 12.8 Å². The summed E-state index contributed by atoms with van der Waals surface area (Å²) >= 11 is 0. The Bertz CT molecular complexity index is 1740. The van der Waals surface area contributed by atoms with Gasteiger partial charge in [-0.25, -0.2) is 18.5 Å². The molecule has 0 aliphatic rings. The molecule has 0 aromatic heterocycles. The predicted octanol–water partition coefficient (Wildman–Crippen LogP) is 7.41. The van der Waals surface area contributed by atoms with Crippen molar-refractivity contribution < 1.29 is 48.3 Å². The van der Waals surface area contributed by atoms with Gasteiger partial charge in [-0.05, 0) is 93.0 Å². The van der Waals surface area contributed by atoms with Crippen LogP contribution in [-0.2, 0) is 14.3 Å². The van der Waals surface area contributed by atoms with Crippen molar-refractivity contribution in [3.63, 3.8) is 0 Å². The van der Waals surface area contributed by atoms with Gasteiger partial charge in [0.05, 0.1) is 37.5 Å². The molecule has 10 nitrogen and oxygen atoms in total. The summed E-state index contributed by atoms with van der Waals surface area (Å²) in [6, 6.07) is 27.9. The highest BCUT2D eigenvalue weighted by Gasteiger charge is 2.34. The van der Waals surface area contributed by atoms with Gasteiger partial charge < -0.3 is 30.5 Å². The highest BCUT2D eigenvalue weighted by molar-refractivity contribution is 5.92. The van der Waals surface area contributed by atoms with Gasteiger partial charge in [-0.15, -0.1) is 0 Å². The summed E-state index contributed by atoms with van der Waals surface area (Å²) in [5, 5.41) is 42.5. The van der Waals surface area contributed by atoms with Crippen molar-refractivity contribution in [1.29, 1.82) is 0 Å². The first-order valence-corrected chi connectivity index (χ1v) is 18.3. The number of amides is 3. The number of hydrogen-bond donors (Lipinski definition) is 5. The number of carbonyl (C=O) groups is 3. The third-order valence-electron chi connectivity index (χ3n) is 8.51. The Labute approximate surface area is 321 Å². The van der Waals surface area contributed by atoms with Crippen molar-refractivity contribution in [2.75, 3.05) is 13.2 Å². The first-order valence-electron chi connectivity index (χ1n) is 18.3. The van der Waals surface area contributed by atoms with E-state index >= 15 is 0 Å². The zero-order valence-electron chi connectivity index (χ0n) is 31.5. The molecule has 5 N–H and O–H groups in total. The smallest absolute Gasteiger partial charge is 0.417 e. The number of benzene rings is 4. The van der Waals surface area contributed by atoms with Gasteiger partial charge in [-0.3, -0.25) is 9.59 Å². The molecular weight excluding hydrogens is 710 g/mol. The van der Waals surface area contributed by atoms with Crippen LogP contribution < -0.4 is 5.32 Å². The van der Waals surface area contributed by atoms with Gasteiger partial charge in [0.2, 0.25) is 11.8 Å². The van der Waals surface area contributed by atoms with Crippen LogP contribution in [0.3, 0.4) is 0 Å². The Kier molecular flexibility index (Phi) is 18.1. The number of hydrogen-bond acceptors (Lipinski definition) is 8. The van der Waals surface area contributed by atoms with E-state index in [4.69, 9.17) is 4.74 Å². The lowest BCUT2D eigenvalue weighted by Crippen LogP contribution is -2.44. The molecular formula is C43H52F2N2O8. The summed E-state index contributed by atoms with van der Waals surface area (Å²) in [7, 11) is 0. The molecule has 55 heavy (non-hydrogen) atoms. The average molecular weight is 763 g/mol. The molecule has 4 rings (SSSR count). The largest absolute Gasteiger partial charge is 0.443 e. The van der Waals surface area contributed by atoms with Crippen LogP contribution in [0.2, 0.25) is 0 Å². The van der Waals surface area contributed by atoms with Crippen LogP contribution in [0.25, 0.3) is 0 Å². The van der Waals surface area contributed by atoms with Crippen molar-refractivity contribution >= 4 is 17.9 Å². The maximum absolute atomic E-state index is 13.0. The minimum Gasteiger partial charge on any atom is -0.443 e. The Balaban J connectivity index is 0.000000305. The second-order valence-corrected chi connectivity index (χ2v) is 14.0. The maximum Gasteiger partial charge on any atom is 0.417 e. The van der Waals surface area contributed by atoms with Crippen LogP contribution in [-0.4, -0.2) is 62.0 Å². The van der Waals surface area contributed by atoms with Crippen LogP contribution in [0, 0.1) is 11.6 Å². The summed E-state index contributed by atoms with van der Waals surface area (Å²) < 4.78 is 31.3. The third kappa shape index (κ3) is 15.3. The Morgan fingerprint density at radius 1 is 0.655 bits per heavy atom. The van der Waals surface area contributed by atoms with Crippen molar-refractivity contribution in [2.24, 2.45) is 0 Å². The number of halogens is 2. The van der Waals surface area contributed by atoms with E-state index in [1.54, 1.807) is 51.1 Å². The lowest BCUT2D eigenvalue weighted by molar-refractivity contribution is -0.133. The van der Waals surface area contributed by atoms with Gasteiger partial charge in [0.1, 0.15) is 17.2 Å². The summed E-state index contributed by atoms with van der Waals surface area (Å²) in [6.07, 6.45) is -0.724. The van der Waals surface area contributed by atoms with E-state index in [0.717, 1.165) is 10.5 Å². The number of nitrogens with one attached hydrogen (secondary N) is 1. The van der Waals surface area contributed by atoms with Crippen molar-refractivity contribution in [3.8, 4) is 0 Å². The van der Waals surface area contributed by atoms with Gasteiger partial charge in [0.25, 0.3) is 0 Å². The zero-order valence-corrected chi connectivity index (χ0v) is 31.5. The molecule has 12 heteroatoms. The number of carbonyl (C=O) groups excluding carboxylic acids is 3. The highest BCUT2D eigenvalue weighted by Crippen LogP contribution is 2.26. The van der Waals surface area contributed by atoms with E-state index in [1.165, 1.54) is 48.5 Å². The van der Waals surface area contributed by atoms with Crippen LogP contribution in [0.4, 0.5) is 13.6 Å². The van der Waals surface area contributed by atoms with Crippen molar-refractivity contribution in [1.82, 2.24) is 10.2 Å². The topological polar surface area (TPSA) is 157 Å². The van der Waals surface area contributed by atoms with Crippen molar-refractivity contribution in [3.05, 3.63) is 143 Å². The SMILES string of the molecule is CC(C)(C)OC(=O)N(C(=O)CCC[C@H](O)c1ccc(F)cc1)[C@H](CO)c1ccccc1.O=C(CCC[C@H](O)c1ccc(F)cc1)N[C@H](CO)c1ccccc1. The lowest BCUT2D eigenvalue weighted by atomic mass is 10.0. The molecule has 0 spiro atoms. The zero-order chi connectivity index (χ0) is 40.4. The molecule has 4 atom stereocenters. The second-order valence-electron chi connectivity index (χ2n) is 14.0. The fraction of sp³-hybridized carbons (Fsp3) is 0.372. The molecule has 0 heterocycles. The van der Waals surface area contributed by atoms with E-state index in [0.29, 0.717) is 36.0 Å². The number of rotatable bonds is 16. The van der Waals surface area contributed by atoms with Crippen LogP contribution in [0.1, 0.15) is 106 Å². The average Bonchev–Trinajstić information content (AvgIpc) is 3.16. The Morgan fingerprint density at radius 3 is 1.55 bits per heavy atom. The minimum atomic E-state index is -0.884. The minimum absolute atomic E-state index is 0.0270. The van der Waals surface area contributed by atoms with E-state index < -0.39 is 54.3 Å². The number of nitrogens with zero attached hydrogens (tertiary/aromatic N) is 1. The van der Waals surface area contributed by atoms with E-state index in [-0.39, 0.29) is 37.6 Å². The first kappa shape index (κ1) is 44.4. The molecule has 296 valence electrons. The second kappa shape index (κ2) is 22.4. The summed E-state index contributed by atoms with van der Waals surface area (Å²) in [6.45, 7) is 4.47. The number of imide groups is 1. The molecule has 0 saturated heterocycles. The Hall–Kier alpha value is -5.01. The molecule has 4 aromatic carbocycles. The molecule has 0 fully saturated rings. The first-order chi connectivity index (χ1) is 26.2. The van der Waals surface area contributed by atoms with Crippen LogP contribution in [0.5, 0.6) is 0 Å². The number of aliphatic hydroxyl groups excluding tert-OH is 4. The number of ether oxygens (including phenoxy) is 1. The summed E-state index contributed by atoms with van der Waals surface area (Å²) in [5.41, 5.74) is 1.82. The van der Waals surface area contributed by atoms with Gasteiger partial charge >= 0.3 is 6.09 Å².